The van der Waals surface area contributed by atoms with E-state index in [-0.39, 0.29) is 0 Å². The molecule has 1 aliphatic heterocycles. The molecule has 0 radical (unpaired) electrons. The van der Waals surface area contributed by atoms with Crippen molar-refractivity contribution in [2.75, 3.05) is 19.1 Å². The first-order chi connectivity index (χ1) is 19.0. The molecule has 1 saturated heterocycles. The summed E-state index contributed by atoms with van der Waals surface area (Å²) in [5, 5.41) is 0. The summed E-state index contributed by atoms with van der Waals surface area (Å²) >= 11 is 0. The van der Waals surface area contributed by atoms with Gasteiger partial charge in [0, 0.05) is 18.4 Å². The lowest BCUT2D eigenvalue weighted by molar-refractivity contribution is 0.177. The summed E-state index contributed by atoms with van der Waals surface area (Å²) in [6.07, 6.45) is 16.3. The molecular formula is C37H56BNO. The second kappa shape index (κ2) is 13.2. The number of ether oxygens (including phenoxy) is 1. The van der Waals surface area contributed by atoms with E-state index in [1.807, 2.05) is 0 Å². The average molecular weight is 542 g/mol. The predicted molar refractivity (Wildman–Crippen MR) is 177 cm³/mol. The van der Waals surface area contributed by atoms with E-state index in [4.69, 9.17) is 4.74 Å². The van der Waals surface area contributed by atoms with Gasteiger partial charge in [-0.05, 0) is 84.6 Å². The van der Waals surface area contributed by atoms with E-state index < -0.39 is 0 Å². The number of anilines is 1. The quantitative estimate of drug-likeness (QED) is 0.337. The number of benzene rings is 2. The fourth-order valence-electron chi connectivity index (χ4n) is 7.55. The molecule has 0 spiro atoms. The Labute approximate surface area is 247 Å². The Morgan fingerprint density at radius 3 is 2.02 bits per heavy atom. The van der Waals surface area contributed by atoms with Gasteiger partial charge in [0.25, 0.3) is 0 Å². The molecule has 0 unspecified atom stereocenters. The Bertz CT molecular complexity index is 1110. The Morgan fingerprint density at radius 2 is 1.45 bits per heavy atom. The molecule has 3 aliphatic rings. The SMILES string of the molecule is C=C(C1CCCCC1)N(C)c1cccc(B2CC(C)(C)C(C)(C)C2)c1.COc1ccc(C2CCCCC2)cc1C. The van der Waals surface area contributed by atoms with Crippen molar-refractivity contribution >= 4 is 17.9 Å². The van der Waals surface area contributed by atoms with Crippen LogP contribution in [0.3, 0.4) is 0 Å². The highest BCUT2D eigenvalue weighted by Gasteiger charge is 2.48. The zero-order chi connectivity index (χ0) is 28.9. The number of rotatable bonds is 6. The number of methoxy groups -OCH3 is 1. The lowest BCUT2D eigenvalue weighted by atomic mass is 9.42. The molecule has 3 fully saturated rings. The third-order valence-electron chi connectivity index (χ3n) is 11.1. The minimum absolute atomic E-state index is 0.408. The lowest BCUT2D eigenvalue weighted by Crippen LogP contribution is -2.30. The molecule has 3 heteroatoms. The summed E-state index contributed by atoms with van der Waals surface area (Å²) < 4.78 is 5.29. The van der Waals surface area contributed by atoms with Crippen LogP contribution in [0.4, 0.5) is 5.69 Å². The van der Waals surface area contributed by atoms with Crippen LogP contribution in [0.1, 0.15) is 109 Å². The molecule has 2 saturated carbocycles. The van der Waals surface area contributed by atoms with E-state index in [0.29, 0.717) is 23.5 Å². The van der Waals surface area contributed by atoms with Crippen molar-refractivity contribution in [3.05, 3.63) is 65.9 Å². The molecule has 0 amide bonds. The van der Waals surface area contributed by atoms with Crippen LogP contribution in [-0.4, -0.2) is 20.9 Å². The maximum absolute atomic E-state index is 5.29. The first kappa shape index (κ1) is 30.8. The molecule has 2 aliphatic carbocycles. The third kappa shape index (κ3) is 7.18. The van der Waals surface area contributed by atoms with Gasteiger partial charge in [-0.15, -0.1) is 0 Å². The summed E-state index contributed by atoms with van der Waals surface area (Å²) in [5.74, 6) is 2.48. The van der Waals surface area contributed by atoms with Crippen molar-refractivity contribution in [1.82, 2.24) is 0 Å². The van der Waals surface area contributed by atoms with E-state index in [1.54, 1.807) is 7.11 Å². The highest BCUT2D eigenvalue weighted by atomic mass is 16.5. The monoisotopic (exact) mass is 541 g/mol. The highest BCUT2D eigenvalue weighted by Crippen LogP contribution is 2.52. The molecule has 1 heterocycles. The van der Waals surface area contributed by atoms with Gasteiger partial charge in [0.2, 0.25) is 0 Å². The van der Waals surface area contributed by atoms with E-state index in [2.05, 4.69) is 95.6 Å². The van der Waals surface area contributed by atoms with Gasteiger partial charge in [-0.25, -0.2) is 0 Å². The van der Waals surface area contributed by atoms with Gasteiger partial charge in [-0.2, -0.15) is 0 Å². The maximum Gasteiger partial charge on any atom is 0.177 e. The Hall–Kier alpha value is -2.16. The maximum atomic E-state index is 5.29. The molecular weight excluding hydrogens is 485 g/mol. The number of aryl methyl sites for hydroxylation is 1. The molecule has 0 N–H and O–H groups in total. The van der Waals surface area contributed by atoms with Crippen molar-refractivity contribution in [2.24, 2.45) is 16.7 Å². The first-order valence-electron chi connectivity index (χ1n) is 16.2. The second-order valence-corrected chi connectivity index (χ2v) is 14.4. The van der Waals surface area contributed by atoms with Crippen LogP contribution in [-0.2, 0) is 0 Å². The van der Waals surface area contributed by atoms with E-state index in [1.165, 1.54) is 105 Å². The van der Waals surface area contributed by atoms with Crippen LogP contribution >= 0.6 is 0 Å². The van der Waals surface area contributed by atoms with Crippen molar-refractivity contribution < 1.29 is 4.74 Å². The minimum atomic E-state index is 0.408. The topological polar surface area (TPSA) is 12.5 Å². The van der Waals surface area contributed by atoms with Gasteiger partial charge in [-0.3, -0.25) is 0 Å². The van der Waals surface area contributed by atoms with E-state index in [9.17, 15) is 0 Å². The van der Waals surface area contributed by atoms with Crippen molar-refractivity contribution in [2.45, 2.75) is 117 Å². The fraction of sp³-hybridized carbons (Fsp3) is 0.622. The van der Waals surface area contributed by atoms with Crippen LogP contribution in [0.2, 0.25) is 12.6 Å². The Morgan fingerprint density at radius 1 is 0.850 bits per heavy atom. The van der Waals surface area contributed by atoms with Gasteiger partial charge in [0.1, 0.15) is 5.75 Å². The first-order valence-corrected chi connectivity index (χ1v) is 16.2. The Kier molecular flexibility index (Phi) is 10.2. The van der Waals surface area contributed by atoms with E-state index in [0.717, 1.165) is 11.7 Å². The third-order valence-corrected chi connectivity index (χ3v) is 11.1. The second-order valence-electron chi connectivity index (χ2n) is 14.4. The van der Waals surface area contributed by atoms with Crippen LogP contribution < -0.4 is 15.1 Å². The summed E-state index contributed by atoms with van der Waals surface area (Å²) in [7, 11) is 3.95. The molecule has 2 aromatic rings. The molecule has 0 atom stereocenters. The molecule has 218 valence electrons. The Balaban J connectivity index is 0.000000210. The van der Waals surface area contributed by atoms with Gasteiger partial charge in [0.05, 0.1) is 7.11 Å². The normalized spacial score (nSPS) is 20.9. The molecule has 0 bridgehead atoms. The van der Waals surface area contributed by atoms with Crippen LogP contribution in [0.15, 0.2) is 54.7 Å². The zero-order valence-corrected chi connectivity index (χ0v) is 26.8. The largest absolute Gasteiger partial charge is 0.496 e. The van der Waals surface area contributed by atoms with E-state index >= 15 is 0 Å². The van der Waals surface area contributed by atoms with Crippen LogP contribution in [0.25, 0.3) is 0 Å². The molecule has 0 aromatic heterocycles. The van der Waals surface area contributed by atoms with Crippen molar-refractivity contribution in [3.63, 3.8) is 0 Å². The number of allylic oxidation sites excluding steroid dienone is 1. The van der Waals surface area contributed by atoms with Crippen molar-refractivity contribution in [1.29, 1.82) is 0 Å². The summed E-state index contributed by atoms with van der Waals surface area (Å²) in [5.41, 5.74) is 7.73. The molecule has 2 nitrogen and oxygen atoms in total. The fourth-order valence-corrected chi connectivity index (χ4v) is 7.55. The molecule has 40 heavy (non-hydrogen) atoms. The van der Waals surface area contributed by atoms with Gasteiger partial charge in [-0.1, -0.05) is 115 Å². The smallest absolute Gasteiger partial charge is 0.177 e. The summed E-state index contributed by atoms with van der Waals surface area (Å²) in [4.78, 5) is 2.35. The summed E-state index contributed by atoms with van der Waals surface area (Å²) in [6.45, 7) is 17.0. The van der Waals surface area contributed by atoms with Crippen molar-refractivity contribution in [3.8, 4) is 5.75 Å². The predicted octanol–water partition coefficient (Wildman–Crippen LogP) is 10.0. The number of hydrogen-bond acceptors (Lipinski definition) is 2. The lowest BCUT2D eigenvalue weighted by Gasteiger charge is -2.35. The molecule has 2 aromatic carbocycles. The summed E-state index contributed by atoms with van der Waals surface area (Å²) in [6, 6.07) is 15.9. The highest BCUT2D eigenvalue weighted by molar-refractivity contribution is 6.74. The van der Waals surface area contributed by atoms with Crippen LogP contribution in [0.5, 0.6) is 5.75 Å². The zero-order valence-electron chi connectivity index (χ0n) is 26.8. The van der Waals surface area contributed by atoms with Gasteiger partial charge in [0.15, 0.2) is 6.71 Å². The van der Waals surface area contributed by atoms with Gasteiger partial charge >= 0.3 is 0 Å². The standard InChI is InChI=1S/C23H36BN.C14H20O/c1-18(19-11-8-7-9-12-19)25(6)21-14-10-13-20(15-21)24-16-22(2,3)23(4,5)17-24;1-11-10-13(8-9-14(11)15-2)12-6-4-3-5-7-12/h10,13-15,19H,1,7-9,11-12,16-17H2,2-6H3;8-10,12H,3-7H2,1-2H3. The minimum Gasteiger partial charge on any atom is -0.496 e. The van der Waals surface area contributed by atoms with Crippen LogP contribution in [0, 0.1) is 23.7 Å². The van der Waals surface area contributed by atoms with Gasteiger partial charge < -0.3 is 9.64 Å². The average Bonchev–Trinajstić information content (AvgIpc) is 3.19. The molecule has 5 rings (SSSR count). The number of nitrogens with zero attached hydrogens (tertiary/aromatic N) is 1. The number of hydrogen-bond donors (Lipinski definition) is 0.